The maximum atomic E-state index is 15.0. The second-order valence-electron chi connectivity index (χ2n) is 10.3. The van der Waals surface area contributed by atoms with E-state index in [4.69, 9.17) is 11.6 Å². The Morgan fingerprint density at radius 2 is 1.95 bits per heavy atom. The first-order valence-corrected chi connectivity index (χ1v) is 15.3. The van der Waals surface area contributed by atoms with Crippen molar-refractivity contribution < 1.29 is 22.7 Å². The number of nitrogens with zero attached hydrogens (tertiary/aromatic N) is 6. The predicted octanol–water partition coefficient (Wildman–Crippen LogP) is 3.75. The first kappa shape index (κ1) is 30.1. The van der Waals surface area contributed by atoms with Crippen molar-refractivity contribution in [1.82, 2.24) is 24.4 Å². The zero-order valence-electron chi connectivity index (χ0n) is 23.5. The van der Waals surface area contributed by atoms with Gasteiger partial charge in [0.1, 0.15) is 17.4 Å². The lowest BCUT2D eigenvalue weighted by Gasteiger charge is -2.40. The number of phenolic OH excluding ortho intramolecular Hbond substituents is 1. The Bertz CT molecular complexity index is 1930. The van der Waals surface area contributed by atoms with Gasteiger partial charge in [0.05, 0.1) is 32.6 Å². The van der Waals surface area contributed by atoms with Gasteiger partial charge in [0.2, 0.25) is 5.91 Å². The Hall–Kier alpha value is -4.36. The van der Waals surface area contributed by atoms with Crippen LogP contribution in [-0.4, -0.2) is 74.8 Å². The van der Waals surface area contributed by atoms with Gasteiger partial charge >= 0.3 is 5.69 Å². The molecule has 0 saturated carbocycles. The third-order valence-corrected chi connectivity index (χ3v) is 9.68. The van der Waals surface area contributed by atoms with Crippen molar-refractivity contribution in [2.75, 3.05) is 24.5 Å². The number of aromatic hydroxyl groups is 1. The summed E-state index contributed by atoms with van der Waals surface area (Å²) in [5.41, 5.74) is -1.51. The van der Waals surface area contributed by atoms with Crippen molar-refractivity contribution in [3.05, 3.63) is 76.6 Å². The number of anilines is 1. The van der Waals surface area contributed by atoms with E-state index in [0.717, 1.165) is 10.6 Å². The molecule has 0 unspecified atom stereocenters. The van der Waals surface area contributed by atoms with Crippen LogP contribution in [0.2, 0.25) is 5.02 Å². The van der Waals surface area contributed by atoms with Gasteiger partial charge in [0, 0.05) is 31.9 Å². The lowest BCUT2D eigenvalue weighted by Crippen LogP contribution is -2.54. The fraction of sp³-hybridized carbons (Fsp3) is 0.276. The summed E-state index contributed by atoms with van der Waals surface area (Å²) >= 11 is 6.65. The van der Waals surface area contributed by atoms with Crippen molar-refractivity contribution in [2.45, 2.75) is 37.1 Å². The van der Waals surface area contributed by atoms with Crippen molar-refractivity contribution in [2.24, 2.45) is 0 Å². The largest absolute Gasteiger partial charge is 0.507 e. The average molecular weight is 627 g/mol. The third-order valence-electron chi connectivity index (χ3n) is 7.30. The maximum Gasteiger partial charge on any atom is 0.355 e. The summed E-state index contributed by atoms with van der Waals surface area (Å²) in [5.74, 6) is -1.27. The first-order chi connectivity index (χ1) is 20.4. The SMILES string of the molecule is C=CC(=O)N1CCN(c2nc(=O)n(-c3cccnc3S(=O)(=O)C(C)C)c3nc(-c4c(O)cccc4F)c(Cl)cc23)[C@@H](C)C1. The zero-order valence-corrected chi connectivity index (χ0v) is 25.1. The summed E-state index contributed by atoms with van der Waals surface area (Å²) in [6.07, 6.45) is 2.53. The Balaban J connectivity index is 1.84. The second-order valence-corrected chi connectivity index (χ2v) is 13.2. The molecule has 0 aliphatic carbocycles. The van der Waals surface area contributed by atoms with Gasteiger partial charge in [-0.05, 0) is 57.2 Å². The van der Waals surface area contributed by atoms with Crippen LogP contribution >= 0.6 is 11.6 Å². The average Bonchev–Trinajstić information content (AvgIpc) is 2.96. The summed E-state index contributed by atoms with van der Waals surface area (Å²) in [7, 11) is -3.99. The molecule has 43 heavy (non-hydrogen) atoms. The maximum absolute atomic E-state index is 15.0. The normalized spacial score (nSPS) is 15.7. The molecule has 1 atom stereocenters. The van der Waals surface area contributed by atoms with Crippen LogP contribution in [-0.2, 0) is 14.6 Å². The molecule has 1 aromatic carbocycles. The van der Waals surface area contributed by atoms with Crippen molar-refractivity contribution in [1.29, 1.82) is 0 Å². The summed E-state index contributed by atoms with van der Waals surface area (Å²) in [4.78, 5) is 42.6. The van der Waals surface area contributed by atoms with Crippen LogP contribution in [0.1, 0.15) is 20.8 Å². The quantitative estimate of drug-likeness (QED) is 0.317. The molecule has 0 bridgehead atoms. The van der Waals surface area contributed by atoms with Crippen molar-refractivity contribution in [3.8, 4) is 22.7 Å². The van der Waals surface area contributed by atoms with Crippen LogP contribution in [0.15, 0.2) is 65.1 Å². The Labute approximate surface area is 251 Å². The highest BCUT2D eigenvalue weighted by Crippen LogP contribution is 2.39. The predicted molar refractivity (Wildman–Crippen MR) is 161 cm³/mol. The number of halogens is 2. The molecule has 3 aromatic heterocycles. The first-order valence-electron chi connectivity index (χ1n) is 13.3. The number of rotatable bonds is 6. The van der Waals surface area contributed by atoms with Crippen LogP contribution < -0.4 is 10.6 Å². The van der Waals surface area contributed by atoms with E-state index in [0.29, 0.717) is 19.6 Å². The van der Waals surface area contributed by atoms with E-state index in [-0.39, 0.29) is 55.8 Å². The van der Waals surface area contributed by atoms with Gasteiger partial charge in [0.25, 0.3) is 0 Å². The molecule has 11 nitrogen and oxygen atoms in total. The van der Waals surface area contributed by atoms with E-state index in [1.807, 2.05) is 11.8 Å². The molecular weight excluding hydrogens is 599 g/mol. The van der Waals surface area contributed by atoms with Gasteiger partial charge in [-0.1, -0.05) is 24.2 Å². The third kappa shape index (κ3) is 5.23. The van der Waals surface area contributed by atoms with Crippen LogP contribution in [0.25, 0.3) is 28.0 Å². The van der Waals surface area contributed by atoms with Crippen molar-refractivity contribution in [3.63, 3.8) is 0 Å². The topological polar surface area (TPSA) is 139 Å². The summed E-state index contributed by atoms with van der Waals surface area (Å²) in [5, 5.41) is 9.51. The number of carbonyl (C=O) groups excluding carboxylic acids is 1. The fourth-order valence-electron chi connectivity index (χ4n) is 5.06. The number of benzene rings is 1. The van der Waals surface area contributed by atoms with Gasteiger partial charge in [-0.25, -0.2) is 32.1 Å². The van der Waals surface area contributed by atoms with Crippen LogP contribution in [0.5, 0.6) is 5.75 Å². The highest BCUT2D eigenvalue weighted by Gasteiger charge is 2.32. The number of hydrogen-bond acceptors (Lipinski definition) is 9. The molecule has 0 spiro atoms. The number of amides is 1. The molecular formula is C29H28ClFN6O5S. The molecule has 1 amide bonds. The van der Waals surface area contributed by atoms with Gasteiger partial charge in [-0.15, -0.1) is 0 Å². The van der Waals surface area contributed by atoms with Crippen LogP contribution in [0.3, 0.4) is 0 Å². The molecule has 224 valence electrons. The monoisotopic (exact) mass is 626 g/mol. The van der Waals surface area contributed by atoms with E-state index in [2.05, 4.69) is 21.5 Å². The summed E-state index contributed by atoms with van der Waals surface area (Å²) in [6.45, 7) is 9.33. The number of piperazine rings is 1. The van der Waals surface area contributed by atoms with E-state index in [1.54, 1.807) is 4.90 Å². The smallest absolute Gasteiger partial charge is 0.355 e. The van der Waals surface area contributed by atoms with Crippen LogP contribution in [0, 0.1) is 5.82 Å². The molecule has 1 fully saturated rings. The van der Waals surface area contributed by atoms with E-state index >= 15 is 4.39 Å². The zero-order chi connectivity index (χ0) is 31.2. The Morgan fingerprint density at radius 3 is 2.60 bits per heavy atom. The minimum absolute atomic E-state index is 0.0458. The van der Waals surface area contributed by atoms with E-state index in [9.17, 15) is 23.1 Å². The second kappa shape index (κ2) is 11.4. The number of phenols is 1. The minimum atomic E-state index is -3.99. The lowest BCUT2D eigenvalue weighted by atomic mass is 10.1. The number of pyridine rings is 2. The molecule has 14 heteroatoms. The molecule has 4 aromatic rings. The molecule has 4 heterocycles. The van der Waals surface area contributed by atoms with Gasteiger partial charge in [-0.2, -0.15) is 4.98 Å². The standard InChI is InChI=1S/C29H28ClFN6O5S/c1-5-23(39)35-12-13-36(17(4)15-35)26-18-14-19(30)25(24-20(31)8-6-10-22(24)38)33-27(18)37(29(40)34-26)21-9-7-11-32-28(21)43(41,42)16(2)3/h5-11,14,16-17,38H,1,12-13,15H2,2-4H3/t17-/m0/s1. The van der Waals surface area contributed by atoms with E-state index < -0.39 is 32.3 Å². The van der Waals surface area contributed by atoms with Gasteiger partial charge in [0.15, 0.2) is 20.5 Å². The molecule has 0 radical (unpaired) electrons. The number of carbonyl (C=O) groups is 1. The highest BCUT2D eigenvalue weighted by atomic mass is 35.5. The summed E-state index contributed by atoms with van der Waals surface area (Å²) in [6, 6.07) is 7.74. The molecule has 1 saturated heterocycles. The Kier molecular flexibility index (Phi) is 7.97. The molecule has 1 aliphatic rings. The van der Waals surface area contributed by atoms with Gasteiger partial charge < -0.3 is 14.9 Å². The molecule has 1 N–H and O–H groups in total. The van der Waals surface area contributed by atoms with Crippen molar-refractivity contribution >= 4 is 44.2 Å². The molecule has 1 aliphatic heterocycles. The summed E-state index contributed by atoms with van der Waals surface area (Å²) < 4.78 is 42.6. The fourth-order valence-corrected chi connectivity index (χ4v) is 6.41. The van der Waals surface area contributed by atoms with E-state index in [1.165, 1.54) is 56.5 Å². The Morgan fingerprint density at radius 1 is 1.21 bits per heavy atom. The molecule has 5 rings (SSSR count). The van der Waals surface area contributed by atoms with Gasteiger partial charge in [-0.3, -0.25) is 4.79 Å². The number of aromatic nitrogens is 4. The highest BCUT2D eigenvalue weighted by molar-refractivity contribution is 7.92. The number of hydrogen-bond donors (Lipinski definition) is 1. The minimum Gasteiger partial charge on any atom is -0.507 e. The van der Waals surface area contributed by atoms with Crippen LogP contribution in [0.4, 0.5) is 10.2 Å². The lowest BCUT2D eigenvalue weighted by molar-refractivity contribution is -0.126. The number of fused-ring (bicyclic) bond motifs is 1. The number of sulfone groups is 1.